The van der Waals surface area contributed by atoms with E-state index in [1.807, 2.05) is 0 Å². The van der Waals surface area contributed by atoms with Crippen molar-refractivity contribution < 1.29 is 41.0 Å². The van der Waals surface area contributed by atoms with Gasteiger partial charge in [-0.25, -0.2) is 31.4 Å². The number of carbonyl (C=O) groups is 1. The molecule has 1 aromatic heterocycles. The predicted molar refractivity (Wildman–Crippen MR) is 126 cm³/mol. The van der Waals surface area contributed by atoms with Crippen LogP contribution in [0.5, 0.6) is 17.4 Å². The molecule has 0 saturated carbocycles. The molecule has 0 aliphatic rings. The number of aromatic nitrogens is 2. The second-order valence-corrected chi connectivity index (χ2v) is 9.74. The average Bonchev–Trinajstić information content (AvgIpc) is 3.15. The molecular formula is C25H25F5N2O4S. The van der Waals surface area contributed by atoms with Crippen LogP contribution in [0.2, 0.25) is 0 Å². The topological polar surface area (TPSA) is 62.6 Å². The smallest absolute Gasteiger partial charge is 0.345 e. The second-order valence-electron chi connectivity index (χ2n) is 8.72. The molecule has 200 valence electrons. The van der Waals surface area contributed by atoms with E-state index in [4.69, 9.17) is 14.2 Å². The first kappa shape index (κ1) is 28.3. The molecule has 0 fully saturated rings. The van der Waals surface area contributed by atoms with Crippen LogP contribution < -0.4 is 14.2 Å². The van der Waals surface area contributed by atoms with E-state index in [1.54, 1.807) is 34.6 Å². The maximum Gasteiger partial charge on any atom is 0.345 e. The molecule has 1 heterocycles. The van der Waals surface area contributed by atoms with Gasteiger partial charge in [0.25, 0.3) is 0 Å². The van der Waals surface area contributed by atoms with E-state index in [9.17, 15) is 26.7 Å². The highest BCUT2D eigenvalue weighted by Crippen LogP contribution is 2.43. The summed E-state index contributed by atoms with van der Waals surface area (Å²) in [6.45, 7) is 10.9. The van der Waals surface area contributed by atoms with E-state index in [1.165, 1.54) is 29.8 Å². The zero-order chi connectivity index (χ0) is 27.7. The molecule has 0 unspecified atom stereocenters. The number of aryl methyl sites for hydroxylation is 1. The molecule has 6 nitrogen and oxygen atoms in total. The van der Waals surface area contributed by atoms with Crippen molar-refractivity contribution in [2.45, 2.75) is 56.9 Å². The Hall–Kier alpha value is -3.28. The molecule has 0 amide bonds. The summed E-state index contributed by atoms with van der Waals surface area (Å²) in [6, 6.07) is 4.39. The largest absolute Gasteiger partial charge is 0.490 e. The van der Waals surface area contributed by atoms with Crippen molar-refractivity contribution in [2.75, 3.05) is 13.2 Å². The lowest BCUT2D eigenvalue weighted by Gasteiger charge is -2.22. The molecule has 0 N–H and O–H groups in total. The van der Waals surface area contributed by atoms with Crippen molar-refractivity contribution in [3.05, 3.63) is 58.5 Å². The number of esters is 1. The first-order valence-corrected chi connectivity index (χ1v) is 12.0. The van der Waals surface area contributed by atoms with E-state index in [0.717, 1.165) is 0 Å². The molecule has 2 aromatic carbocycles. The van der Waals surface area contributed by atoms with Crippen LogP contribution in [0.15, 0.2) is 28.0 Å². The van der Waals surface area contributed by atoms with Crippen LogP contribution in [-0.2, 0) is 5.54 Å². The standard InChI is InChI=1S/C25H25F5N2O4S/c1-7-34-14-10-9-13(11-15(14)35-8-2)24(33)36-23-21(12(3)31-32(23)25(4,5)6)37-22-19(29)17(27)16(26)18(28)20(22)30/h9-11H,7-8H2,1-6H3. The molecule has 37 heavy (non-hydrogen) atoms. The summed E-state index contributed by atoms with van der Waals surface area (Å²) < 4.78 is 88.0. The number of carbonyl (C=O) groups excluding carboxylic acids is 1. The third-order valence-corrected chi connectivity index (χ3v) is 6.18. The number of rotatable bonds is 8. The molecule has 0 aliphatic heterocycles. The van der Waals surface area contributed by atoms with Gasteiger partial charge in [0.2, 0.25) is 11.7 Å². The van der Waals surface area contributed by atoms with Gasteiger partial charge in [-0.3, -0.25) is 0 Å². The van der Waals surface area contributed by atoms with E-state index < -0.39 is 45.5 Å². The lowest BCUT2D eigenvalue weighted by Crippen LogP contribution is -2.25. The van der Waals surface area contributed by atoms with Gasteiger partial charge in [0.15, 0.2) is 34.8 Å². The molecule has 12 heteroatoms. The Balaban J connectivity index is 2.10. The third kappa shape index (κ3) is 5.68. The van der Waals surface area contributed by atoms with Gasteiger partial charge in [-0.1, -0.05) is 11.8 Å². The average molecular weight is 545 g/mol. The summed E-state index contributed by atoms with van der Waals surface area (Å²) >= 11 is 0.224. The number of benzene rings is 2. The molecule has 0 spiro atoms. The first-order valence-electron chi connectivity index (χ1n) is 11.2. The molecule has 0 aliphatic carbocycles. The van der Waals surface area contributed by atoms with Crippen molar-refractivity contribution in [2.24, 2.45) is 0 Å². The normalized spacial score (nSPS) is 11.5. The molecule has 0 atom stereocenters. The molecule has 0 radical (unpaired) electrons. The lowest BCUT2D eigenvalue weighted by molar-refractivity contribution is 0.0703. The Kier molecular flexibility index (Phi) is 8.41. The molecule has 0 saturated heterocycles. The maximum atomic E-state index is 14.4. The lowest BCUT2D eigenvalue weighted by atomic mass is 10.1. The number of nitrogens with zero attached hydrogens (tertiary/aromatic N) is 2. The van der Waals surface area contributed by atoms with Crippen LogP contribution in [0.4, 0.5) is 22.0 Å². The molecule has 3 aromatic rings. The van der Waals surface area contributed by atoms with E-state index in [-0.39, 0.29) is 33.8 Å². The minimum atomic E-state index is -2.27. The van der Waals surface area contributed by atoms with Crippen LogP contribution in [0.3, 0.4) is 0 Å². The highest BCUT2D eigenvalue weighted by molar-refractivity contribution is 7.99. The Morgan fingerprint density at radius 1 is 0.892 bits per heavy atom. The van der Waals surface area contributed by atoms with Crippen molar-refractivity contribution >= 4 is 17.7 Å². The maximum absolute atomic E-state index is 14.4. The van der Waals surface area contributed by atoms with Crippen LogP contribution in [0, 0.1) is 36.0 Å². The fourth-order valence-electron chi connectivity index (χ4n) is 3.25. The zero-order valence-corrected chi connectivity index (χ0v) is 21.8. The van der Waals surface area contributed by atoms with Gasteiger partial charge in [0.1, 0.15) is 0 Å². The van der Waals surface area contributed by atoms with Crippen molar-refractivity contribution in [1.29, 1.82) is 0 Å². The van der Waals surface area contributed by atoms with Gasteiger partial charge in [0, 0.05) is 0 Å². The number of halogens is 5. The highest BCUT2D eigenvalue weighted by Gasteiger charge is 2.32. The van der Waals surface area contributed by atoms with Crippen molar-refractivity contribution in [1.82, 2.24) is 9.78 Å². The fraction of sp³-hybridized carbons (Fsp3) is 0.360. The minimum Gasteiger partial charge on any atom is -0.490 e. The van der Waals surface area contributed by atoms with Crippen LogP contribution in [0.1, 0.15) is 50.7 Å². The Bertz CT molecular complexity index is 1310. The van der Waals surface area contributed by atoms with Crippen molar-refractivity contribution in [3.8, 4) is 17.4 Å². The zero-order valence-electron chi connectivity index (χ0n) is 21.0. The van der Waals surface area contributed by atoms with E-state index in [0.29, 0.717) is 24.7 Å². The van der Waals surface area contributed by atoms with E-state index >= 15 is 0 Å². The van der Waals surface area contributed by atoms with Gasteiger partial charge in [-0.2, -0.15) is 5.10 Å². The first-order chi connectivity index (χ1) is 17.3. The number of hydrogen-bond donors (Lipinski definition) is 0. The fourth-order valence-corrected chi connectivity index (χ4v) is 4.22. The molecular weight excluding hydrogens is 519 g/mol. The second kappa shape index (κ2) is 11.0. The van der Waals surface area contributed by atoms with Crippen LogP contribution >= 0.6 is 11.8 Å². The summed E-state index contributed by atoms with van der Waals surface area (Å²) in [4.78, 5) is 11.9. The number of ether oxygens (including phenoxy) is 3. The van der Waals surface area contributed by atoms with Gasteiger partial charge in [0.05, 0.1) is 39.8 Å². The summed E-state index contributed by atoms with van der Waals surface area (Å²) in [7, 11) is 0. The summed E-state index contributed by atoms with van der Waals surface area (Å²) in [5, 5.41) is 4.30. The van der Waals surface area contributed by atoms with Gasteiger partial charge in [-0.15, -0.1) is 0 Å². The predicted octanol–water partition coefficient (Wildman–Crippen LogP) is 6.81. The van der Waals surface area contributed by atoms with Gasteiger partial charge in [-0.05, 0) is 59.7 Å². The Morgan fingerprint density at radius 2 is 1.43 bits per heavy atom. The van der Waals surface area contributed by atoms with Crippen LogP contribution in [-0.4, -0.2) is 29.0 Å². The van der Waals surface area contributed by atoms with E-state index in [2.05, 4.69) is 5.10 Å². The molecule has 0 bridgehead atoms. The van der Waals surface area contributed by atoms with Crippen molar-refractivity contribution in [3.63, 3.8) is 0 Å². The Labute approximate surface area is 214 Å². The number of hydrogen-bond acceptors (Lipinski definition) is 6. The third-order valence-electron chi connectivity index (χ3n) is 4.94. The van der Waals surface area contributed by atoms with Gasteiger partial charge >= 0.3 is 5.97 Å². The SMILES string of the molecule is CCOc1ccc(C(=O)Oc2c(Sc3c(F)c(F)c(F)c(F)c3F)c(C)nn2C(C)(C)C)cc1OCC. The Morgan fingerprint density at radius 3 is 1.97 bits per heavy atom. The monoisotopic (exact) mass is 544 g/mol. The van der Waals surface area contributed by atoms with Crippen LogP contribution in [0.25, 0.3) is 0 Å². The quantitative estimate of drug-likeness (QED) is 0.134. The molecule has 3 rings (SSSR count). The summed E-state index contributed by atoms with van der Waals surface area (Å²) in [5.74, 6) is -10.8. The minimum absolute atomic E-state index is 0.0680. The summed E-state index contributed by atoms with van der Waals surface area (Å²) in [6.07, 6.45) is 0. The highest BCUT2D eigenvalue weighted by atomic mass is 32.2. The summed E-state index contributed by atoms with van der Waals surface area (Å²) in [5.41, 5.74) is -0.572. The van der Waals surface area contributed by atoms with Gasteiger partial charge < -0.3 is 14.2 Å².